The number of rotatable bonds is 4. The quantitative estimate of drug-likeness (QED) is 0.920. The fraction of sp³-hybridized carbons (Fsp3) is 0.353. The Bertz CT molecular complexity index is 708. The summed E-state index contributed by atoms with van der Waals surface area (Å²) in [7, 11) is 0. The smallest absolute Gasteiger partial charge is 0.129 e. The Morgan fingerprint density at radius 3 is 2.52 bits per heavy atom. The molecule has 21 heavy (non-hydrogen) atoms. The van der Waals surface area contributed by atoms with E-state index in [-0.39, 0.29) is 5.82 Å². The first kappa shape index (κ1) is 15.1. The average Bonchev–Trinajstić information content (AvgIpc) is 2.74. The van der Waals surface area contributed by atoms with Gasteiger partial charge in [0.2, 0.25) is 0 Å². The van der Waals surface area contributed by atoms with Gasteiger partial charge in [-0.25, -0.2) is 4.39 Å². The first-order valence-electron chi connectivity index (χ1n) is 7.07. The molecule has 2 aromatic rings. The van der Waals surface area contributed by atoms with Gasteiger partial charge in [-0.2, -0.15) is 5.26 Å². The molecule has 0 saturated carbocycles. The lowest BCUT2D eigenvalue weighted by molar-refractivity contribution is 0.618. The van der Waals surface area contributed by atoms with Gasteiger partial charge in [-0.15, -0.1) is 0 Å². The van der Waals surface area contributed by atoms with E-state index in [4.69, 9.17) is 5.26 Å². The lowest BCUT2D eigenvalue weighted by atomic mass is 10.1. The number of nitrogens with zero attached hydrogens (tertiary/aromatic N) is 2. The van der Waals surface area contributed by atoms with Gasteiger partial charge in [0, 0.05) is 35.7 Å². The zero-order chi connectivity index (χ0) is 15.6. The van der Waals surface area contributed by atoms with E-state index in [1.165, 1.54) is 23.0 Å². The lowest BCUT2D eigenvalue weighted by Gasteiger charge is -2.11. The summed E-state index contributed by atoms with van der Waals surface area (Å²) < 4.78 is 16.0. The summed E-state index contributed by atoms with van der Waals surface area (Å²) in [6.45, 7) is 9.57. The van der Waals surface area contributed by atoms with E-state index >= 15 is 0 Å². The monoisotopic (exact) mass is 285 g/mol. The van der Waals surface area contributed by atoms with Crippen LogP contribution in [0.5, 0.6) is 0 Å². The third-order valence-corrected chi connectivity index (χ3v) is 3.94. The highest BCUT2D eigenvalue weighted by Gasteiger charge is 2.10. The van der Waals surface area contributed by atoms with Gasteiger partial charge >= 0.3 is 0 Å². The summed E-state index contributed by atoms with van der Waals surface area (Å²) >= 11 is 0. The molecule has 0 saturated heterocycles. The maximum absolute atomic E-state index is 13.8. The van der Waals surface area contributed by atoms with Crippen molar-refractivity contribution < 1.29 is 4.39 Å². The molecule has 110 valence electrons. The van der Waals surface area contributed by atoms with Crippen LogP contribution in [0.2, 0.25) is 0 Å². The van der Waals surface area contributed by atoms with Crippen LogP contribution in [-0.2, 0) is 13.1 Å². The predicted molar refractivity (Wildman–Crippen MR) is 82.8 cm³/mol. The van der Waals surface area contributed by atoms with E-state index in [9.17, 15) is 4.39 Å². The van der Waals surface area contributed by atoms with Gasteiger partial charge in [0.15, 0.2) is 0 Å². The number of hydrogen-bond donors (Lipinski definition) is 1. The van der Waals surface area contributed by atoms with E-state index in [0.717, 1.165) is 6.54 Å². The van der Waals surface area contributed by atoms with Crippen molar-refractivity contribution in [1.82, 2.24) is 4.57 Å². The van der Waals surface area contributed by atoms with Crippen LogP contribution in [0.25, 0.3) is 0 Å². The van der Waals surface area contributed by atoms with Crippen molar-refractivity contribution in [2.45, 2.75) is 40.8 Å². The highest BCUT2D eigenvalue weighted by Crippen LogP contribution is 2.22. The third-order valence-electron chi connectivity index (χ3n) is 3.94. The van der Waals surface area contributed by atoms with Crippen LogP contribution in [0.3, 0.4) is 0 Å². The van der Waals surface area contributed by atoms with E-state index in [1.807, 2.05) is 6.07 Å². The van der Waals surface area contributed by atoms with Crippen molar-refractivity contribution in [2.24, 2.45) is 0 Å². The van der Waals surface area contributed by atoms with Crippen molar-refractivity contribution in [1.29, 1.82) is 5.26 Å². The fourth-order valence-corrected chi connectivity index (χ4v) is 2.66. The van der Waals surface area contributed by atoms with E-state index in [1.54, 1.807) is 13.0 Å². The Morgan fingerprint density at radius 2 is 1.95 bits per heavy atom. The average molecular weight is 285 g/mol. The molecule has 0 unspecified atom stereocenters. The van der Waals surface area contributed by atoms with Gasteiger partial charge in [-0.1, -0.05) is 0 Å². The highest BCUT2D eigenvalue weighted by atomic mass is 19.1. The molecule has 0 aliphatic heterocycles. The molecule has 1 N–H and O–H groups in total. The number of nitrogens with one attached hydrogen (secondary N) is 1. The lowest BCUT2D eigenvalue weighted by Crippen LogP contribution is -2.05. The fourth-order valence-electron chi connectivity index (χ4n) is 2.66. The summed E-state index contributed by atoms with van der Waals surface area (Å²) in [4.78, 5) is 0. The SMILES string of the molecule is CCn1c(C)cc(CNc2cc(C#N)cc(F)c2C)c1C. The second-order valence-corrected chi connectivity index (χ2v) is 5.24. The summed E-state index contributed by atoms with van der Waals surface area (Å²) in [5.74, 6) is -0.351. The maximum Gasteiger partial charge on any atom is 0.129 e. The third kappa shape index (κ3) is 2.92. The molecule has 0 aliphatic rings. The molecule has 0 aliphatic carbocycles. The number of hydrogen-bond acceptors (Lipinski definition) is 2. The van der Waals surface area contributed by atoms with Crippen LogP contribution >= 0.6 is 0 Å². The number of anilines is 1. The molecule has 3 nitrogen and oxygen atoms in total. The van der Waals surface area contributed by atoms with E-state index < -0.39 is 0 Å². The molecule has 0 amide bonds. The van der Waals surface area contributed by atoms with Crippen LogP contribution in [0.4, 0.5) is 10.1 Å². The number of halogens is 1. The maximum atomic E-state index is 13.8. The topological polar surface area (TPSA) is 40.8 Å². The first-order valence-corrected chi connectivity index (χ1v) is 7.07. The van der Waals surface area contributed by atoms with Gasteiger partial charge in [0.25, 0.3) is 0 Å². The minimum absolute atomic E-state index is 0.333. The van der Waals surface area contributed by atoms with Crippen LogP contribution in [0.15, 0.2) is 18.2 Å². The zero-order valence-electron chi connectivity index (χ0n) is 12.9. The number of nitriles is 1. The Hall–Kier alpha value is -2.28. The Morgan fingerprint density at radius 1 is 1.24 bits per heavy atom. The minimum atomic E-state index is -0.351. The van der Waals surface area contributed by atoms with Gasteiger partial charge < -0.3 is 9.88 Å². The molecule has 0 bridgehead atoms. The molecule has 2 rings (SSSR count). The van der Waals surface area contributed by atoms with Gasteiger partial charge in [-0.05, 0) is 51.5 Å². The van der Waals surface area contributed by atoms with Crippen molar-refractivity contribution in [2.75, 3.05) is 5.32 Å². The molecule has 0 spiro atoms. The summed E-state index contributed by atoms with van der Waals surface area (Å²) in [6, 6.07) is 7.09. The van der Waals surface area contributed by atoms with Crippen molar-refractivity contribution >= 4 is 5.69 Å². The Balaban J connectivity index is 2.25. The summed E-state index contributed by atoms with van der Waals surface area (Å²) in [6.07, 6.45) is 0. The van der Waals surface area contributed by atoms with Crippen molar-refractivity contribution in [3.8, 4) is 6.07 Å². The minimum Gasteiger partial charge on any atom is -0.381 e. The molecule has 1 heterocycles. The normalized spacial score (nSPS) is 10.5. The van der Waals surface area contributed by atoms with Crippen LogP contribution in [0.1, 0.15) is 35.0 Å². The summed E-state index contributed by atoms with van der Waals surface area (Å²) in [5, 5.41) is 12.2. The van der Waals surface area contributed by atoms with Crippen molar-refractivity contribution in [3.63, 3.8) is 0 Å². The number of aryl methyl sites for hydroxylation is 1. The standard InChI is InChI=1S/C17H20FN3/c1-5-21-11(2)6-15(13(21)4)10-20-17-8-14(9-19)7-16(18)12(17)3/h6-8,20H,5,10H2,1-4H3. The molecule has 0 fully saturated rings. The second-order valence-electron chi connectivity index (χ2n) is 5.24. The number of benzene rings is 1. The van der Waals surface area contributed by atoms with E-state index in [0.29, 0.717) is 23.4 Å². The van der Waals surface area contributed by atoms with Gasteiger partial charge in [0.1, 0.15) is 5.82 Å². The largest absolute Gasteiger partial charge is 0.381 e. The van der Waals surface area contributed by atoms with Crippen LogP contribution in [-0.4, -0.2) is 4.57 Å². The van der Waals surface area contributed by atoms with E-state index in [2.05, 4.69) is 36.7 Å². The highest BCUT2D eigenvalue weighted by molar-refractivity contribution is 5.56. The number of aromatic nitrogens is 1. The first-order chi connectivity index (χ1) is 9.97. The van der Waals surface area contributed by atoms with Gasteiger partial charge in [0.05, 0.1) is 11.6 Å². The molecule has 4 heteroatoms. The second kappa shape index (κ2) is 6.01. The van der Waals surface area contributed by atoms with Crippen LogP contribution < -0.4 is 5.32 Å². The molecule has 0 atom stereocenters. The summed E-state index contributed by atoms with van der Waals surface area (Å²) in [5.41, 5.74) is 5.18. The van der Waals surface area contributed by atoms with Crippen LogP contribution in [0, 0.1) is 37.9 Å². The predicted octanol–water partition coefficient (Wildman–Crippen LogP) is 4.06. The zero-order valence-corrected chi connectivity index (χ0v) is 12.9. The Kier molecular flexibility index (Phi) is 4.32. The molecular weight excluding hydrogens is 265 g/mol. The molecular formula is C17H20FN3. The Labute approximate surface area is 125 Å². The van der Waals surface area contributed by atoms with Crippen molar-refractivity contribution in [3.05, 3.63) is 52.1 Å². The molecule has 1 aromatic carbocycles. The molecule has 0 radical (unpaired) electrons. The van der Waals surface area contributed by atoms with Gasteiger partial charge in [-0.3, -0.25) is 0 Å². The molecule has 1 aromatic heterocycles.